The lowest BCUT2D eigenvalue weighted by Gasteiger charge is -2.08. The Morgan fingerprint density at radius 2 is 1.68 bits per heavy atom. The first-order valence-electron chi connectivity index (χ1n) is 6.04. The number of methoxy groups -OCH3 is 1. The highest BCUT2D eigenvalue weighted by Gasteiger charge is 2.04. The van der Waals surface area contributed by atoms with Crippen molar-refractivity contribution in [3.05, 3.63) is 71.1 Å². The third-order valence-corrected chi connectivity index (χ3v) is 3.16. The van der Waals surface area contributed by atoms with Crippen LogP contribution in [0.5, 0.6) is 5.75 Å². The zero-order valence-electron chi connectivity index (χ0n) is 10.5. The van der Waals surface area contributed by atoms with Gasteiger partial charge in [0.15, 0.2) is 0 Å². The van der Waals surface area contributed by atoms with Crippen LogP contribution in [0.15, 0.2) is 65.6 Å². The van der Waals surface area contributed by atoms with Crippen molar-refractivity contribution < 1.29 is 4.74 Å². The Morgan fingerprint density at radius 1 is 0.947 bits per heavy atom. The van der Waals surface area contributed by atoms with Gasteiger partial charge in [0.1, 0.15) is 5.75 Å². The Kier molecular flexibility index (Phi) is 2.80. The van der Waals surface area contributed by atoms with E-state index in [1.165, 1.54) is 0 Å². The molecule has 0 saturated heterocycles. The van der Waals surface area contributed by atoms with E-state index in [4.69, 9.17) is 4.74 Å². The maximum absolute atomic E-state index is 12.4. The zero-order valence-corrected chi connectivity index (χ0v) is 10.5. The average Bonchev–Trinajstić information content (AvgIpc) is 2.48. The van der Waals surface area contributed by atoms with Crippen LogP contribution in [0, 0.1) is 0 Å². The molecule has 94 valence electrons. The fraction of sp³-hybridized carbons (Fsp3) is 0.0625. The molecule has 0 N–H and O–H groups in total. The molecule has 0 aliphatic heterocycles. The molecule has 3 rings (SSSR count). The molecule has 3 nitrogen and oxygen atoms in total. The number of ether oxygens (including phenoxy) is 1. The van der Waals surface area contributed by atoms with E-state index in [9.17, 15) is 4.79 Å². The van der Waals surface area contributed by atoms with E-state index in [0.29, 0.717) is 0 Å². The Hall–Kier alpha value is -2.55. The molecule has 0 unspecified atom stereocenters. The molecule has 19 heavy (non-hydrogen) atoms. The summed E-state index contributed by atoms with van der Waals surface area (Å²) in [5.41, 5.74) is 0.819. The first-order chi connectivity index (χ1) is 9.29. The normalized spacial score (nSPS) is 10.6. The van der Waals surface area contributed by atoms with Crippen molar-refractivity contribution in [2.75, 3.05) is 7.11 Å². The van der Waals surface area contributed by atoms with Gasteiger partial charge >= 0.3 is 0 Å². The molecular weight excluding hydrogens is 238 g/mol. The van der Waals surface area contributed by atoms with Gasteiger partial charge < -0.3 is 4.74 Å². The molecule has 0 fully saturated rings. The number of nitrogens with zero attached hydrogens (tertiary/aromatic N) is 1. The average molecular weight is 251 g/mol. The summed E-state index contributed by atoms with van der Waals surface area (Å²) in [5.74, 6) is 0.776. The molecule has 0 spiro atoms. The van der Waals surface area contributed by atoms with Gasteiger partial charge in [-0.3, -0.25) is 9.36 Å². The highest BCUT2D eigenvalue weighted by molar-refractivity contribution is 5.81. The monoisotopic (exact) mass is 251 g/mol. The summed E-state index contributed by atoms with van der Waals surface area (Å²) < 4.78 is 6.76. The van der Waals surface area contributed by atoms with E-state index in [0.717, 1.165) is 22.2 Å². The summed E-state index contributed by atoms with van der Waals surface area (Å²) in [4.78, 5) is 12.4. The van der Waals surface area contributed by atoms with Crippen LogP contribution < -0.4 is 10.3 Å². The Morgan fingerprint density at radius 3 is 2.42 bits per heavy atom. The van der Waals surface area contributed by atoms with Crippen molar-refractivity contribution in [1.29, 1.82) is 0 Å². The molecule has 3 aromatic rings. The molecule has 0 saturated carbocycles. The fourth-order valence-corrected chi connectivity index (χ4v) is 2.14. The Bertz CT molecular complexity index is 773. The molecule has 2 aromatic carbocycles. The molecule has 0 bridgehead atoms. The number of hydrogen-bond acceptors (Lipinski definition) is 2. The summed E-state index contributed by atoms with van der Waals surface area (Å²) in [6.45, 7) is 0. The smallest absolute Gasteiger partial charge is 0.262 e. The van der Waals surface area contributed by atoms with Crippen molar-refractivity contribution in [3.8, 4) is 11.4 Å². The van der Waals surface area contributed by atoms with E-state index < -0.39 is 0 Å². The number of hydrogen-bond donors (Lipinski definition) is 0. The maximum atomic E-state index is 12.4. The van der Waals surface area contributed by atoms with E-state index in [2.05, 4.69) is 0 Å². The van der Waals surface area contributed by atoms with Crippen molar-refractivity contribution in [1.82, 2.24) is 4.57 Å². The van der Waals surface area contributed by atoms with Crippen LogP contribution in [0.3, 0.4) is 0 Å². The SMILES string of the molecule is COc1ccc(-n2ccc3ccccc3c2=O)cc1. The Labute approximate surface area is 110 Å². The van der Waals surface area contributed by atoms with Crippen LogP contribution in [0.2, 0.25) is 0 Å². The molecule has 0 radical (unpaired) electrons. The van der Waals surface area contributed by atoms with E-state index in [1.807, 2.05) is 54.6 Å². The molecule has 0 amide bonds. The van der Waals surface area contributed by atoms with E-state index in [-0.39, 0.29) is 5.56 Å². The van der Waals surface area contributed by atoms with E-state index >= 15 is 0 Å². The highest BCUT2D eigenvalue weighted by atomic mass is 16.5. The number of pyridine rings is 1. The van der Waals surface area contributed by atoms with E-state index in [1.54, 1.807) is 17.9 Å². The number of rotatable bonds is 2. The standard InChI is InChI=1S/C16H13NO2/c1-19-14-8-6-13(7-9-14)17-11-10-12-4-2-3-5-15(12)16(17)18/h2-11H,1H3. The maximum Gasteiger partial charge on any atom is 0.262 e. The second-order valence-corrected chi connectivity index (χ2v) is 4.28. The summed E-state index contributed by atoms with van der Waals surface area (Å²) in [6, 6.07) is 17.0. The number of aromatic nitrogens is 1. The quantitative estimate of drug-likeness (QED) is 0.701. The van der Waals surface area contributed by atoms with Gasteiger partial charge in [0, 0.05) is 17.3 Å². The second kappa shape index (κ2) is 4.61. The summed E-state index contributed by atoms with van der Waals surface area (Å²) in [7, 11) is 1.62. The van der Waals surface area contributed by atoms with Crippen LogP contribution in [0.1, 0.15) is 0 Å². The minimum absolute atomic E-state index is 0.0109. The minimum atomic E-state index is -0.0109. The molecule has 1 aromatic heterocycles. The van der Waals surface area contributed by atoms with Gasteiger partial charge in [-0.05, 0) is 41.8 Å². The topological polar surface area (TPSA) is 31.2 Å². The third kappa shape index (κ3) is 1.99. The van der Waals surface area contributed by atoms with Crippen molar-refractivity contribution >= 4 is 10.8 Å². The van der Waals surface area contributed by atoms with Gasteiger partial charge in [0.05, 0.1) is 7.11 Å². The first-order valence-corrected chi connectivity index (χ1v) is 6.04. The van der Waals surface area contributed by atoms with Gasteiger partial charge in [-0.1, -0.05) is 18.2 Å². The summed E-state index contributed by atoms with van der Waals surface area (Å²) in [5, 5.41) is 1.68. The second-order valence-electron chi connectivity index (χ2n) is 4.28. The lowest BCUT2D eigenvalue weighted by Crippen LogP contribution is -2.17. The molecular formula is C16H13NO2. The minimum Gasteiger partial charge on any atom is -0.497 e. The largest absolute Gasteiger partial charge is 0.497 e. The van der Waals surface area contributed by atoms with Gasteiger partial charge in [0.25, 0.3) is 5.56 Å². The molecule has 0 aliphatic carbocycles. The first kappa shape index (κ1) is 11.5. The van der Waals surface area contributed by atoms with Crippen molar-refractivity contribution in [2.45, 2.75) is 0 Å². The zero-order chi connectivity index (χ0) is 13.2. The predicted molar refractivity (Wildman–Crippen MR) is 76.1 cm³/mol. The van der Waals surface area contributed by atoms with Gasteiger partial charge in [-0.15, -0.1) is 0 Å². The van der Waals surface area contributed by atoms with Gasteiger partial charge in [-0.25, -0.2) is 0 Å². The van der Waals surface area contributed by atoms with Crippen LogP contribution in [0.25, 0.3) is 16.5 Å². The Balaban J connectivity index is 2.19. The highest BCUT2D eigenvalue weighted by Crippen LogP contribution is 2.15. The molecule has 0 atom stereocenters. The molecule has 3 heteroatoms. The van der Waals surface area contributed by atoms with Crippen molar-refractivity contribution in [3.63, 3.8) is 0 Å². The van der Waals surface area contributed by atoms with Crippen LogP contribution >= 0.6 is 0 Å². The fourth-order valence-electron chi connectivity index (χ4n) is 2.14. The number of benzene rings is 2. The third-order valence-electron chi connectivity index (χ3n) is 3.16. The molecule has 1 heterocycles. The lowest BCUT2D eigenvalue weighted by atomic mass is 10.2. The van der Waals surface area contributed by atoms with Crippen LogP contribution in [0.4, 0.5) is 0 Å². The summed E-state index contributed by atoms with van der Waals surface area (Å²) in [6.07, 6.45) is 1.80. The predicted octanol–water partition coefficient (Wildman–Crippen LogP) is 3.00. The van der Waals surface area contributed by atoms with Crippen LogP contribution in [-0.2, 0) is 0 Å². The van der Waals surface area contributed by atoms with Gasteiger partial charge in [-0.2, -0.15) is 0 Å². The van der Waals surface area contributed by atoms with Gasteiger partial charge in [0.2, 0.25) is 0 Å². The lowest BCUT2D eigenvalue weighted by molar-refractivity contribution is 0.414. The molecule has 0 aliphatic rings. The summed E-state index contributed by atoms with van der Waals surface area (Å²) >= 11 is 0. The van der Waals surface area contributed by atoms with Crippen molar-refractivity contribution in [2.24, 2.45) is 0 Å². The van der Waals surface area contributed by atoms with Crippen LogP contribution in [-0.4, -0.2) is 11.7 Å². The number of fused-ring (bicyclic) bond motifs is 1.